The number of hydrogen-bond donors (Lipinski definition) is 1. The monoisotopic (exact) mass is 387 g/mol. The number of aryl methyl sites for hydroxylation is 1. The molecule has 3 rings (SSSR count). The van der Waals surface area contributed by atoms with Gasteiger partial charge in [0.05, 0.1) is 13.2 Å². The zero-order valence-electron chi connectivity index (χ0n) is 15.0. The summed E-state index contributed by atoms with van der Waals surface area (Å²) in [5.74, 6) is 0.502. The molecule has 0 radical (unpaired) electrons. The summed E-state index contributed by atoms with van der Waals surface area (Å²) in [5, 5.41) is 7.50. The van der Waals surface area contributed by atoms with Crippen molar-refractivity contribution >= 4 is 23.3 Å². The molecule has 0 aliphatic rings. The van der Waals surface area contributed by atoms with E-state index < -0.39 is 0 Å². The van der Waals surface area contributed by atoms with Gasteiger partial charge in [0.1, 0.15) is 11.6 Å². The number of anilines is 1. The summed E-state index contributed by atoms with van der Waals surface area (Å²) in [5.41, 5.74) is 2.10. The summed E-state index contributed by atoms with van der Waals surface area (Å²) in [6, 6.07) is 12.9. The standard InChI is InChI=1S/C20H19ClFN3O2/c1-3-27-17-8-5-14(6-9-17)20(26)23-19-10-13(2)25(24-19)12-15-4-7-16(22)11-18(15)21/h4-11H,3,12H2,1-2H3,(H,23,24,26). The molecule has 27 heavy (non-hydrogen) atoms. The van der Waals surface area contributed by atoms with Gasteiger partial charge in [0.15, 0.2) is 5.82 Å². The number of nitrogens with zero attached hydrogens (tertiary/aromatic N) is 2. The second-order valence-corrected chi connectivity index (χ2v) is 6.38. The summed E-state index contributed by atoms with van der Waals surface area (Å²) >= 11 is 6.08. The Morgan fingerprint density at radius 3 is 2.63 bits per heavy atom. The van der Waals surface area contributed by atoms with Gasteiger partial charge in [-0.05, 0) is 55.8 Å². The maximum atomic E-state index is 13.2. The van der Waals surface area contributed by atoms with E-state index >= 15 is 0 Å². The highest BCUT2D eigenvalue weighted by Crippen LogP contribution is 2.20. The maximum Gasteiger partial charge on any atom is 0.256 e. The van der Waals surface area contributed by atoms with E-state index in [0.29, 0.717) is 35.3 Å². The van der Waals surface area contributed by atoms with Crippen LogP contribution in [0.4, 0.5) is 10.2 Å². The average molecular weight is 388 g/mol. The van der Waals surface area contributed by atoms with E-state index in [2.05, 4.69) is 10.4 Å². The molecule has 0 fully saturated rings. The Labute approximate surface area is 161 Å². The number of ether oxygens (including phenoxy) is 1. The number of rotatable bonds is 6. The van der Waals surface area contributed by atoms with Gasteiger partial charge < -0.3 is 10.1 Å². The summed E-state index contributed by atoms with van der Waals surface area (Å²) < 4.78 is 20.3. The lowest BCUT2D eigenvalue weighted by Gasteiger charge is -2.07. The van der Waals surface area contributed by atoms with Gasteiger partial charge >= 0.3 is 0 Å². The Balaban J connectivity index is 1.71. The first-order valence-corrected chi connectivity index (χ1v) is 8.86. The van der Waals surface area contributed by atoms with Gasteiger partial charge in [0.25, 0.3) is 5.91 Å². The van der Waals surface area contributed by atoms with E-state index in [-0.39, 0.29) is 11.7 Å². The van der Waals surface area contributed by atoms with Crippen LogP contribution in [0.3, 0.4) is 0 Å². The fourth-order valence-electron chi connectivity index (χ4n) is 2.60. The predicted molar refractivity (Wildman–Crippen MR) is 103 cm³/mol. The van der Waals surface area contributed by atoms with Crippen LogP contribution >= 0.6 is 11.6 Å². The van der Waals surface area contributed by atoms with Crippen molar-refractivity contribution in [1.29, 1.82) is 0 Å². The van der Waals surface area contributed by atoms with Crippen LogP contribution in [0.5, 0.6) is 5.75 Å². The third-order valence-corrected chi connectivity index (χ3v) is 4.34. The molecule has 1 amide bonds. The van der Waals surface area contributed by atoms with Crippen LogP contribution in [0.25, 0.3) is 0 Å². The van der Waals surface area contributed by atoms with Crippen molar-refractivity contribution in [1.82, 2.24) is 9.78 Å². The fraction of sp³-hybridized carbons (Fsp3) is 0.200. The van der Waals surface area contributed by atoms with Crippen molar-refractivity contribution in [2.45, 2.75) is 20.4 Å². The molecule has 1 N–H and O–H groups in total. The molecule has 0 bridgehead atoms. The molecule has 7 heteroatoms. The van der Waals surface area contributed by atoms with Crippen LogP contribution in [0.1, 0.15) is 28.5 Å². The molecule has 3 aromatic rings. The minimum Gasteiger partial charge on any atom is -0.494 e. The Morgan fingerprint density at radius 2 is 1.96 bits per heavy atom. The molecule has 0 spiro atoms. The second kappa shape index (κ2) is 8.22. The number of amides is 1. The van der Waals surface area contributed by atoms with Gasteiger partial charge in [-0.2, -0.15) is 5.10 Å². The Kier molecular flexibility index (Phi) is 5.76. The van der Waals surface area contributed by atoms with Crippen LogP contribution in [-0.4, -0.2) is 22.3 Å². The number of benzene rings is 2. The van der Waals surface area contributed by atoms with Crippen molar-refractivity contribution in [3.63, 3.8) is 0 Å². The Hall–Kier alpha value is -2.86. The normalized spacial score (nSPS) is 10.7. The first-order chi connectivity index (χ1) is 13.0. The second-order valence-electron chi connectivity index (χ2n) is 5.98. The quantitative estimate of drug-likeness (QED) is 0.668. The van der Waals surface area contributed by atoms with Crippen LogP contribution in [0.2, 0.25) is 5.02 Å². The molecule has 2 aromatic carbocycles. The molecule has 0 unspecified atom stereocenters. The first-order valence-electron chi connectivity index (χ1n) is 8.49. The summed E-state index contributed by atoms with van der Waals surface area (Å²) in [6.07, 6.45) is 0. The summed E-state index contributed by atoms with van der Waals surface area (Å²) in [6.45, 7) is 4.72. The molecular formula is C20H19ClFN3O2. The van der Waals surface area contributed by atoms with Crippen molar-refractivity contribution in [3.8, 4) is 5.75 Å². The van der Waals surface area contributed by atoms with E-state index in [1.54, 1.807) is 41.1 Å². The SMILES string of the molecule is CCOc1ccc(C(=O)Nc2cc(C)n(Cc3ccc(F)cc3Cl)n2)cc1. The van der Waals surface area contributed by atoms with Gasteiger partial charge in [-0.1, -0.05) is 17.7 Å². The molecule has 5 nitrogen and oxygen atoms in total. The largest absolute Gasteiger partial charge is 0.494 e. The number of carbonyl (C=O) groups excluding carboxylic acids is 1. The molecule has 0 saturated heterocycles. The van der Waals surface area contributed by atoms with Gasteiger partial charge in [-0.15, -0.1) is 0 Å². The zero-order chi connectivity index (χ0) is 19.4. The lowest BCUT2D eigenvalue weighted by atomic mass is 10.2. The van der Waals surface area contributed by atoms with E-state index in [1.807, 2.05) is 13.8 Å². The smallest absolute Gasteiger partial charge is 0.256 e. The van der Waals surface area contributed by atoms with Crippen molar-refractivity contribution in [2.75, 3.05) is 11.9 Å². The predicted octanol–water partition coefficient (Wildman–Crippen LogP) is 4.68. The lowest BCUT2D eigenvalue weighted by molar-refractivity contribution is 0.102. The maximum absolute atomic E-state index is 13.2. The molecule has 140 valence electrons. The van der Waals surface area contributed by atoms with Crippen LogP contribution in [-0.2, 0) is 6.54 Å². The number of halogens is 2. The van der Waals surface area contributed by atoms with Gasteiger partial charge in [-0.3, -0.25) is 9.48 Å². The van der Waals surface area contributed by atoms with E-state index in [0.717, 1.165) is 11.3 Å². The minimum absolute atomic E-state index is 0.262. The summed E-state index contributed by atoms with van der Waals surface area (Å²) in [4.78, 5) is 12.4. The van der Waals surface area contributed by atoms with Gasteiger partial charge in [-0.25, -0.2) is 4.39 Å². The van der Waals surface area contributed by atoms with E-state index in [9.17, 15) is 9.18 Å². The number of aromatic nitrogens is 2. The van der Waals surface area contributed by atoms with Crippen molar-refractivity contribution in [3.05, 3.63) is 76.2 Å². The molecule has 0 aliphatic heterocycles. The van der Waals surface area contributed by atoms with Crippen LogP contribution < -0.4 is 10.1 Å². The molecular weight excluding hydrogens is 369 g/mol. The van der Waals surface area contributed by atoms with E-state index in [1.165, 1.54) is 12.1 Å². The molecule has 0 atom stereocenters. The number of hydrogen-bond acceptors (Lipinski definition) is 3. The Morgan fingerprint density at radius 1 is 1.22 bits per heavy atom. The lowest BCUT2D eigenvalue weighted by Crippen LogP contribution is -2.13. The van der Waals surface area contributed by atoms with Crippen molar-refractivity contribution in [2.24, 2.45) is 0 Å². The third-order valence-electron chi connectivity index (χ3n) is 3.99. The first kappa shape index (κ1) is 18.9. The van der Waals surface area contributed by atoms with Gasteiger partial charge in [0, 0.05) is 22.3 Å². The molecule has 1 aromatic heterocycles. The van der Waals surface area contributed by atoms with Crippen LogP contribution in [0.15, 0.2) is 48.5 Å². The van der Waals surface area contributed by atoms with Crippen molar-refractivity contribution < 1.29 is 13.9 Å². The highest BCUT2D eigenvalue weighted by molar-refractivity contribution is 6.31. The van der Waals surface area contributed by atoms with Gasteiger partial charge in [0.2, 0.25) is 0 Å². The minimum atomic E-state index is -0.385. The fourth-order valence-corrected chi connectivity index (χ4v) is 2.83. The zero-order valence-corrected chi connectivity index (χ0v) is 15.8. The average Bonchev–Trinajstić information content (AvgIpc) is 2.97. The van der Waals surface area contributed by atoms with Crippen LogP contribution in [0, 0.1) is 12.7 Å². The number of nitrogens with one attached hydrogen (secondary N) is 1. The number of carbonyl (C=O) groups is 1. The molecule has 0 saturated carbocycles. The topological polar surface area (TPSA) is 56.1 Å². The Bertz CT molecular complexity index is 954. The third kappa shape index (κ3) is 4.65. The van der Waals surface area contributed by atoms with E-state index in [4.69, 9.17) is 16.3 Å². The molecule has 0 aliphatic carbocycles. The molecule has 1 heterocycles. The highest BCUT2D eigenvalue weighted by atomic mass is 35.5. The summed E-state index contributed by atoms with van der Waals surface area (Å²) in [7, 11) is 0. The highest BCUT2D eigenvalue weighted by Gasteiger charge is 2.12.